The first-order valence-electron chi connectivity index (χ1n) is 10.0. The van der Waals surface area contributed by atoms with E-state index in [9.17, 15) is 23.9 Å². The van der Waals surface area contributed by atoms with Crippen molar-refractivity contribution in [1.82, 2.24) is 15.6 Å². The number of carbonyl (C=O) groups excluding carboxylic acids is 2. The first kappa shape index (κ1) is 20.8. The van der Waals surface area contributed by atoms with Crippen LogP contribution in [-0.2, 0) is 9.59 Å². The van der Waals surface area contributed by atoms with Crippen LogP contribution in [-0.4, -0.2) is 40.0 Å². The number of aliphatic carboxylic acids is 1. The minimum Gasteiger partial charge on any atom is -0.481 e. The van der Waals surface area contributed by atoms with Gasteiger partial charge in [0.05, 0.1) is 5.92 Å². The number of hydrogen-bond acceptors (Lipinski definition) is 3. The third-order valence-electron chi connectivity index (χ3n) is 5.46. The van der Waals surface area contributed by atoms with Gasteiger partial charge in [-0.2, -0.15) is 0 Å². The quantitative estimate of drug-likeness (QED) is 0.543. The van der Waals surface area contributed by atoms with E-state index in [0.717, 1.165) is 19.3 Å². The fourth-order valence-corrected chi connectivity index (χ4v) is 3.85. The standard InChI is InChI=1S/C21H26FN3O4/c1-2-3-6-17(19(26)24-16-7-4-5-14(16)21(28)29)25-20(27)18-11-12-10-13(22)8-9-15(12)23-18/h8-11,14,16-17,23H,2-7H2,1H3,(H,24,26)(H,25,27)(H,28,29)/t14-,16+,17+/m1/s1. The molecule has 1 fully saturated rings. The van der Waals surface area contributed by atoms with Gasteiger partial charge in [0.15, 0.2) is 0 Å². The number of fused-ring (bicyclic) bond motifs is 1. The minimum absolute atomic E-state index is 0.240. The number of carbonyl (C=O) groups is 3. The predicted octanol–water partition coefficient (Wildman–Crippen LogP) is 2.97. The number of hydrogen-bond donors (Lipinski definition) is 4. The van der Waals surface area contributed by atoms with Crippen molar-refractivity contribution in [1.29, 1.82) is 0 Å². The summed E-state index contributed by atoms with van der Waals surface area (Å²) < 4.78 is 13.4. The highest BCUT2D eigenvalue weighted by Crippen LogP contribution is 2.26. The average Bonchev–Trinajstić information content (AvgIpc) is 3.31. The van der Waals surface area contributed by atoms with Gasteiger partial charge in [0, 0.05) is 16.9 Å². The van der Waals surface area contributed by atoms with Crippen LogP contribution in [0.5, 0.6) is 0 Å². The van der Waals surface area contributed by atoms with E-state index >= 15 is 0 Å². The van der Waals surface area contributed by atoms with Gasteiger partial charge in [-0.3, -0.25) is 14.4 Å². The number of carboxylic acid groups (broad SMARTS) is 1. The lowest BCUT2D eigenvalue weighted by atomic mass is 10.0. The molecule has 7 nitrogen and oxygen atoms in total. The molecular weight excluding hydrogens is 377 g/mol. The largest absolute Gasteiger partial charge is 0.481 e. The summed E-state index contributed by atoms with van der Waals surface area (Å²) in [5, 5.41) is 15.4. The normalized spacial score (nSPS) is 19.8. The Morgan fingerprint density at radius 1 is 1.28 bits per heavy atom. The molecule has 1 aliphatic rings. The summed E-state index contributed by atoms with van der Waals surface area (Å²) >= 11 is 0. The number of H-pyrrole nitrogens is 1. The van der Waals surface area contributed by atoms with Crippen LogP contribution in [0, 0.1) is 11.7 Å². The van der Waals surface area contributed by atoms with Crippen molar-refractivity contribution in [3.8, 4) is 0 Å². The van der Waals surface area contributed by atoms with Gasteiger partial charge in [0.25, 0.3) is 5.91 Å². The Morgan fingerprint density at radius 3 is 2.79 bits per heavy atom. The highest BCUT2D eigenvalue weighted by Gasteiger charge is 2.35. The Morgan fingerprint density at radius 2 is 2.07 bits per heavy atom. The Labute approximate surface area is 168 Å². The molecule has 0 unspecified atom stereocenters. The van der Waals surface area contributed by atoms with E-state index in [-0.39, 0.29) is 11.6 Å². The summed E-state index contributed by atoms with van der Waals surface area (Å²) in [5.41, 5.74) is 0.866. The highest BCUT2D eigenvalue weighted by molar-refractivity contribution is 6.00. The number of amides is 2. The molecule has 2 amide bonds. The second kappa shape index (κ2) is 9.07. The molecule has 0 spiro atoms. The lowest BCUT2D eigenvalue weighted by Gasteiger charge is -2.23. The van der Waals surface area contributed by atoms with Crippen molar-refractivity contribution in [3.05, 3.63) is 35.8 Å². The van der Waals surface area contributed by atoms with E-state index in [1.807, 2.05) is 6.92 Å². The van der Waals surface area contributed by atoms with Gasteiger partial charge in [-0.15, -0.1) is 0 Å². The molecule has 0 radical (unpaired) electrons. The first-order valence-corrected chi connectivity index (χ1v) is 10.0. The van der Waals surface area contributed by atoms with Crippen LogP contribution >= 0.6 is 0 Å². The summed E-state index contributed by atoms with van der Waals surface area (Å²) in [6.45, 7) is 1.99. The Balaban J connectivity index is 1.70. The van der Waals surface area contributed by atoms with Crippen molar-refractivity contribution < 1.29 is 23.9 Å². The maximum Gasteiger partial charge on any atom is 0.308 e. The fourth-order valence-electron chi connectivity index (χ4n) is 3.85. The van der Waals surface area contributed by atoms with Gasteiger partial charge in [-0.05, 0) is 43.5 Å². The Kier molecular flexibility index (Phi) is 6.51. The van der Waals surface area contributed by atoms with Crippen molar-refractivity contribution >= 4 is 28.7 Å². The predicted molar refractivity (Wildman–Crippen MR) is 106 cm³/mol. The molecule has 156 valence electrons. The molecule has 0 saturated heterocycles. The van der Waals surface area contributed by atoms with E-state index < -0.39 is 35.7 Å². The second-order valence-corrected chi connectivity index (χ2v) is 7.57. The van der Waals surface area contributed by atoms with Crippen LogP contribution in [0.4, 0.5) is 4.39 Å². The average molecular weight is 403 g/mol. The monoisotopic (exact) mass is 403 g/mol. The molecule has 1 saturated carbocycles. The number of unbranched alkanes of at least 4 members (excludes halogenated alkanes) is 1. The zero-order chi connectivity index (χ0) is 21.0. The minimum atomic E-state index is -0.910. The number of nitrogens with one attached hydrogen (secondary N) is 3. The molecule has 3 atom stereocenters. The Hall–Kier alpha value is -2.90. The summed E-state index contributed by atoms with van der Waals surface area (Å²) in [5.74, 6) is -2.73. The van der Waals surface area contributed by atoms with Gasteiger partial charge < -0.3 is 20.7 Å². The molecule has 4 N–H and O–H groups in total. The molecule has 0 bridgehead atoms. The smallest absolute Gasteiger partial charge is 0.308 e. The molecule has 3 rings (SSSR count). The molecule has 0 aliphatic heterocycles. The van der Waals surface area contributed by atoms with E-state index in [1.54, 1.807) is 12.1 Å². The number of aromatic amines is 1. The molecule has 1 aliphatic carbocycles. The Bertz CT molecular complexity index is 910. The first-order chi connectivity index (χ1) is 13.9. The van der Waals surface area contributed by atoms with E-state index in [1.165, 1.54) is 12.1 Å². The lowest BCUT2D eigenvalue weighted by Crippen LogP contribution is -2.51. The molecule has 1 aromatic carbocycles. The maximum atomic E-state index is 13.4. The van der Waals surface area contributed by atoms with E-state index in [4.69, 9.17) is 0 Å². The van der Waals surface area contributed by atoms with Crippen LogP contribution in [0.15, 0.2) is 24.3 Å². The number of halogens is 1. The molecule has 2 aromatic rings. The summed E-state index contributed by atoms with van der Waals surface area (Å²) in [7, 11) is 0. The van der Waals surface area contributed by atoms with E-state index in [2.05, 4.69) is 15.6 Å². The number of carboxylic acids is 1. The van der Waals surface area contributed by atoms with Gasteiger partial charge in [-0.1, -0.05) is 26.2 Å². The van der Waals surface area contributed by atoms with E-state index in [0.29, 0.717) is 30.2 Å². The molecule has 8 heteroatoms. The zero-order valence-electron chi connectivity index (χ0n) is 16.3. The summed E-state index contributed by atoms with van der Waals surface area (Å²) in [4.78, 5) is 39.7. The lowest BCUT2D eigenvalue weighted by molar-refractivity contribution is -0.142. The second-order valence-electron chi connectivity index (χ2n) is 7.57. The van der Waals surface area contributed by atoms with Crippen LogP contribution in [0.1, 0.15) is 55.9 Å². The van der Waals surface area contributed by atoms with Crippen LogP contribution in [0.2, 0.25) is 0 Å². The maximum absolute atomic E-state index is 13.4. The van der Waals surface area contributed by atoms with Crippen molar-refractivity contribution in [2.24, 2.45) is 5.92 Å². The van der Waals surface area contributed by atoms with Crippen LogP contribution in [0.3, 0.4) is 0 Å². The third kappa shape index (κ3) is 4.93. The van der Waals surface area contributed by atoms with Gasteiger partial charge in [0.1, 0.15) is 17.6 Å². The van der Waals surface area contributed by atoms with Crippen molar-refractivity contribution in [2.45, 2.75) is 57.5 Å². The van der Waals surface area contributed by atoms with Crippen molar-refractivity contribution in [2.75, 3.05) is 0 Å². The summed E-state index contributed by atoms with van der Waals surface area (Å²) in [6.07, 6.45) is 3.95. The van der Waals surface area contributed by atoms with Crippen LogP contribution < -0.4 is 10.6 Å². The number of rotatable bonds is 8. The van der Waals surface area contributed by atoms with Gasteiger partial charge >= 0.3 is 5.97 Å². The van der Waals surface area contributed by atoms with Crippen molar-refractivity contribution in [3.63, 3.8) is 0 Å². The van der Waals surface area contributed by atoms with Gasteiger partial charge in [0.2, 0.25) is 5.91 Å². The number of aromatic nitrogens is 1. The molecule has 29 heavy (non-hydrogen) atoms. The summed E-state index contributed by atoms with van der Waals surface area (Å²) in [6, 6.07) is 4.54. The molecule has 1 heterocycles. The zero-order valence-corrected chi connectivity index (χ0v) is 16.3. The molecular formula is C21H26FN3O4. The number of benzene rings is 1. The SMILES string of the molecule is CCCC[C@H](NC(=O)c1cc2cc(F)ccc2[nH]1)C(=O)N[C@H]1CCC[C@H]1C(=O)O. The third-order valence-corrected chi connectivity index (χ3v) is 5.46. The topological polar surface area (TPSA) is 111 Å². The fraction of sp³-hybridized carbons (Fsp3) is 0.476. The van der Waals surface area contributed by atoms with Gasteiger partial charge in [-0.25, -0.2) is 4.39 Å². The highest BCUT2D eigenvalue weighted by atomic mass is 19.1. The molecule has 1 aromatic heterocycles. The van der Waals surface area contributed by atoms with Crippen LogP contribution in [0.25, 0.3) is 10.9 Å².